The fraction of sp³-hybridized carbons (Fsp3) is 0.522. The van der Waals surface area contributed by atoms with Gasteiger partial charge in [0.2, 0.25) is 5.89 Å². The van der Waals surface area contributed by atoms with E-state index in [1.165, 1.54) is 29.1 Å². The Kier molecular flexibility index (Phi) is 8.56. The molecule has 1 aliphatic rings. The number of nitrogens with one attached hydrogen (secondary N) is 1. The molecule has 0 aliphatic carbocycles. The molecule has 1 aromatic carbocycles. The number of carbonyl (C=O) groups is 1. The van der Waals surface area contributed by atoms with Crippen LogP contribution in [0.3, 0.4) is 0 Å². The maximum absolute atomic E-state index is 13.6. The molecule has 4 rings (SSSR count). The first-order chi connectivity index (χ1) is 17.9. The van der Waals surface area contributed by atoms with Crippen LogP contribution in [0.2, 0.25) is 0 Å². The van der Waals surface area contributed by atoms with Gasteiger partial charge in [-0.1, -0.05) is 31.2 Å². The van der Waals surface area contributed by atoms with Gasteiger partial charge in [-0.25, -0.2) is 9.07 Å². The van der Waals surface area contributed by atoms with Crippen molar-refractivity contribution in [2.45, 2.75) is 44.3 Å². The standard InChI is InChI=1S/C23H30FN7O6/c1-3-30(4-2)9-8-25-21(35)23-28-27-22(37-23)20-19(34)17(18(33)16(12-32)36-20)31-11-15(26-29-31)13-6-5-7-14(24)10-13/h5-7,10-11,16-20,32-34H,3-4,8-9,12H2,1-2H3,(H,25,35)/t16-,17+,18+,19-,20-/m1/s1. The zero-order chi connectivity index (χ0) is 26.5. The van der Waals surface area contributed by atoms with Gasteiger partial charge < -0.3 is 34.7 Å². The summed E-state index contributed by atoms with van der Waals surface area (Å²) in [6, 6.07) is 4.59. The number of ether oxygens (including phenoxy) is 1. The van der Waals surface area contributed by atoms with Crippen molar-refractivity contribution in [1.29, 1.82) is 0 Å². The average Bonchev–Trinajstić information content (AvgIpc) is 3.58. The lowest BCUT2D eigenvalue weighted by Gasteiger charge is -2.40. The van der Waals surface area contributed by atoms with Gasteiger partial charge in [0.25, 0.3) is 0 Å². The Labute approximate surface area is 211 Å². The molecule has 13 nitrogen and oxygen atoms in total. The predicted molar refractivity (Wildman–Crippen MR) is 126 cm³/mol. The molecule has 1 aliphatic heterocycles. The molecule has 14 heteroatoms. The maximum Gasteiger partial charge on any atom is 0.308 e. The monoisotopic (exact) mass is 519 g/mol. The third kappa shape index (κ3) is 5.83. The molecule has 3 aromatic rings. The van der Waals surface area contributed by atoms with Crippen molar-refractivity contribution in [3.8, 4) is 11.3 Å². The van der Waals surface area contributed by atoms with Gasteiger partial charge in [0.05, 0.1) is 12.8 Å². The molecule has 1 fully saturated rings. The van der Waals surface area contributed by atoms with E-state index >= 15 is 0 Å². The number of rotatable bonds is 10. The molecule has 0 spiro atoms. The molecule has 0 unspecified atom stereocenters. The van der Waals surface area contributed by atoms with Crippen LogP contribution in [0.15, 0.2) is 34.9 Å². The normalized spacial score (nSPS) is 23.9. The number of aliphatic hydroxyl groups excluding tert-OH is 3. The summed E-state index contributed by atoms with van der Waals surface area (Å²) in [6.07, 6.45) is -3.84. The van der Waals surface area contributed by atoms with Crippen molar-refractivity contribution in [2.24, 2.45) is 0 Å². The average molecular weight is 520 g/mol. The lowest BCUT2D eigenvalue weighted by molar-refractivity contribution is -0.213. The highest BCUT2D eigenvalue weighted by molar-refractivity contribution is 5.89. The first-order valence-electron chi connectivity index (χ1n) is 12.0. The Hall–Kier alpha value is -3.30. The topological polar surface area (TPSA) is 172 Å². The van der Waals surface area contributed by atoms with Crippen LogP contribution in [0.4, 0.5) is 4.39 Å². The molecule has 37 heavy (non-hydrogen) atoms. The number of benzene rings is 1. The van der Waals surface area contributed by atoms with E-state index in [2.05, 4.69) is 30.7 Å². The van der Waals surface area contributed by atoms with Crippen LogP contribution in [0.1, 0.15) is 42.6 Å². The highest BCUT2D eigenvalue weighted by atomic mass is 19.1. The Balaban J connectivity index is 1.51. The van der Waals surface area contributed by atoms with Crippen LogP contribution in [0.25, 0.3) is 11.3 Å². The van der Waals surface area contributed by atoms with Crippen molar-refractivity contribution in [3.63, 3.8) is 0 Å². The third-order valence-electron chi connectivity index (χ3n) is 6.31. The summed E-state index contributed by atoms with van der Waals surface area (Å²) in [5, 5.41) is 50.0. The van der Waals surface area contributed by atoms with Crippen LogP contribution in [0, 0.1) is 5.82 Å². The number of nitrogens with zero attached hydrogens (tertiary/aromatic N) is 6. The van der Waals surface area contributed by atoms with Gasteiger partial charge in [-0.3, -0.25) is 4.79 Å². The summed E-state index contributed by atoms with van der Waals surface area (Å²) in [4.78, 5) is 14.6. The summed E-state index contributed by atoms with van der Waals surface area (Å²) in [5.74, 6) is -1.56. The number of likely N-dealkylation sites (N-methyl/N-ethyl adjacent to an activating group) is 1. The molecule has 1 saturated heterocycles. The second kappa shape index (κ2) is 11.8. The number of halogens is 1. The van der Waals surface area contributed by atoms with Crippen LogP contribution < -0.4 is 5.32 Å². The van der Waals surface area contributed by atoms with E-state index in [0.717, 1.165) is 13.1 Å². The Morgan fingerprint density at radius 2 is 1.97 bits per heavy atom. The van der Waals surface area contributed by atoms with Gasteiger partial charge in [-0.15, -0.1) is 15.3 Å². The largest absolute Gasteiger partial charge is 0.414 e. The van der Waals surface area contributed by atoms with Crippen molar-refractivity contribution in [1.82, 2.24) is 35.4 Å². The number of amides is 1. The van der Waals surface area contributed by atoms with Gasteiger partial charge in [0.1, 0.15) is 35.9 Å². The van der Waals surface area contributed by atoms with E-state index in [-0.39, 0.29) is 11.8 Å². The van der Waals surface area contributed by atoms with Crippen molar-refractivity contribution < 1.29 is 33.7 Å². The summed E-state index contributed by atoms with van der Waals surface area (Å²) in [7, 11) is 0. The van der Waals surface area contributed by atoms with Gasteiger partial charge >= 0.3 is 11.8 Å². The number of hydrogen-bond donors (Lipinski definition) is 4. The summed E-state index contributed by atoms with van der Waals surface area (Å²) < 4.78 is 26.0. The fourth-order valence-corrected chi connectivity index (χ4v) is 4.21. The van der Waals surface area contributed by atoms with E-state index in [4.69, 9.17) is 9.15 Å². The Morgan fingerprint density at radius 3 is 2.68 bits per heavy atom. The van der Waals surface area contributed by atoms with Crippen molar-refractivity contribution >= 4 is 5.91 Å². The lowest BCUT2D eigenvalue weighted by Crippen LogP contribution is -2.52. The van der Waals surface area contributed by atoms with Crippen molar-refractivity contribution in [2.75, 3.05) is 32.8 Å². The molecular formula is C23H30FN7O6. The zero-order valence-corrected chi connectivity index (χ0v) is 20.4. The number of aliphatic hydroxyl groups is 3. The number of aromatic nitrogens is 5. The molecule has 1 amide bonds. The van der Waals surface area contributed by atoms with E-state index in [9.17, 15) is 24.5 Å². The van der Waals surface area contributed by atoms with Crippen LogP contribution >= 0.6 is 0 Å². The zero-order valence-electron chi connectivity index (χ0n) is 20.4. The molecule has 200 valence electrons. The fourth-order valence-electron chi connectivity index (χ4n) is 4.21. The quantitative estimate of drug-likeness (QED) is 0.283. The van der Waals surface area contributed by atoms with E-state index in [0.29, 0.717) is 24.3 Å². The van der Waals surface area contributed by atoms with Gasteiger partial charge in [-0.2, -0.15) is 0 Å². The minimum Gasteiger partial charge on any atom is -0.414 e. The van der Waals surface area contributed by atoms with Gasteiger partial charge in [0, 0.05) is 18.7 Å². The summed E-state index contributed by atoms with van der Waals surface area (Å²) in [5.41, 5.74) is 0.759. The van der Waals surface area contributed by atoms with Gasteiger partial charge in [-0.05, 0) is 25.2 Å². The van der Waals surface area contributed by atoms with Crippen molar-refractivity contribution in [3.05, 3.63) is 48.1 Å². The SMILES string of the molecule is CCN(CC)CCNC(=O)c1nnc([C@@H]2O[C@H](CO)[C@H](O)[C@H](n3cc(-c4cccc(F)c4)nn3)[C@H]2O)o1. The molecule has 0 bridgehead atoms. The third-order valence-corrected chi connectivity index (χ3v) is 6.31. The van der Waals surface area contributed by atoms with Crippen LogP contribution in [-0.4, -0.2) is 102 Å². The van der Waals surface area contributed by atoms with Gasteiger partial charge in [0.15, 0.2) is 6.10 Å². The molecule has 2 aromatic heterocycles. The van der Waals surface area contributed by atoms with E-state index in [1.807, 2.05) is 13.8 Å². The number of carbonyl (C=O) groups excluding carboxylic acids is 1. The second-order valence-electron chi connectivity index (χ2n) is 8.57. The van der Waals surface area contributed by atoms with Crippen LogP contribution in [-0.2, 0) is 4.74 Å². The molecule has 4 N–H and O–H groups in total. The lowest BCUT2D eigenvalue weighted by atomic mass is 9.92. The first-order valence-corrected chi connectivity index (χ1v) is 12.0. The summed E-state index contributed by atoms with van der Waals surface area (Å²) >= 11 is 0. The molecule has 5 atom stereocenters. The smallest absolute Gasteiger partial charge is 0.308 e. The molecule has 0 radical (unpaired) electrons. The minimum absolute atomic E-state index is 0.206. The predicted octanol–water partition coefficient (Wildman–Crippen LogP) is -0.0659. The van der Waals surface area contributed by atoms with Crippen LogP contribution in [0.5, 0.6) is 0 Å². The molecule has 3 heterocycles. The minimum atomic E-state index is -1.47. The first kappa shape index (κ1) is 26.8. The van der Waals surface area contributed by atoms with E-state index < -0.39 is 48.8 Å². The Bertz CT molecular complexity index is 1190. The molecular weight excluding hydrogens is 489 g/mol. The highest BCUT2D eigenvalue weighted by Crippen LogP contribution is 2.38. The second-order valence-corrected chi connectivity index (χ2v) is 8.57. The van der Waals surface area contributed by atoms with E-state index in [1.54, 1.807) is 6.07 Å². The maximum atomic E-state index is 13.6. The summed E-state index contributed by atoms with van der Waals surface area (Å²) in [6.45, 7) is 6.19. The highest BCUT2D eigenvalue weighted by Gasteiger charge is 2.48. The number of hydrogen-bond acceptors (Lipinski definition) is 11. The molecule has 0 saturated carbocycles. The Morgan fingerprint density at radius 1 is 1.19 bits per heavy atom.